The van der Waals surface area contributed by atoms with Crippen LogP contribution in [0.5, 0.6) is 11.5 Å². The Labute approximate surface area is 124 Å². The molecule has 112 valence electrons. The van der Waals surface area contributed by atoms with Crippen molar-refractivity contribution in [3.63, 3.8) is 0 Å². The van der Waals surface area contributed by atoms with E-state index in [1.807, 2.05) is 23.1 Å². The number of ether oxygens (including phenoxy) is 3. The van der Waals surface area contributed by atoms with Gasteiger partial charge in [0.2, 0.25) is 5.91 Å². The van der Waals surface area contributed by atoms with Gasteiger partial charge < -0.3 is 19.1 Å². The van der Waals surface area contributed by atoms with Gasteiger partial charge in [0.15, 0.2) is 11.5 Å². The third kappa shape index (κ3) is 3.19. The van der Waals surface area contributed by atoms with E-state index in [2.05, 4.69) is 0 Å². The third-order valence-corrected chi connectivity index (χ3v) is 3.77. The molecule has 1 aromatic rings. The molecular weight excluding hydrogens is 270 g/mol. The minimum atomic E-state index is 0.0180. The van der Waals surface area contributed by atoms with E-state index in [-0.39, 0.29) is 12.0 Å². The highest BCUT2D eigenvalue weighted by Crippen LogP contribution is 2.31. The minimum absolute atomic E-state index is 0.0180. The van der Waals surface area contributed by atoms with E-state index in [0.717, 1.165) is 30.0 Å². The highest BCUT2D eigenvalue weighted by atomic mass is 16.6. The molecule has 5 nitrogen and oxygen atoms in total. The van der Waals surface area contributed by atoms with E-state index in [0.29, 0.717) is 19.8 Å². The zero-order valence-electron chi connectivity index (χ0n) is 12.1. The molecule has 21 heavy (non-hydrogen) atoms. The summed E-state index contributed by atoms with van der Waals surface area (Å²) >= 11 is 0. The Morgan fingerprint density at radius 2 is 2.14 bits per heavy atom. The molecule has 5 heteroatoms. The van der Waals surface area contributed by atoms with Crippen LogP contribution in [0.1, 0.15) is 12.0 Å². The van der Waals surface area contributed by atoms with Crippen molar-refractivity contribution in [2.75, 3.05) is 33.4 Å². The molecule has 2 aliphatic rings. The maximum absolute atomic E-state index is 12.1. The van der Waals surface area contributed by atoms with Crippen molar-refractivity contribution in [3.05, 3.63) is 29.8 Å². The molecule has 1 amide bonds. The number of carbonyl (C=O) groups is 1. The Balaban J connectivity index is 1.64. The summed E-state index contributed by atoms with van der Waals surface area (Å²) in [7, 11) is 1.68. The summed E-state index contributed by atoms with van der Waals surface area (Å²) in [4.78, 5) is 13.9. The molecule has 2 heterocycles. The van der Waals surface area contributed by atoms with Crippen molar-refractivity contribution >= 4 is 12.0 Å². The van der Waals surface area contributed by atoms with Gasteiger partial charge in [0.25, 0.3) is 0 Å². The molecule has 3 rings (SSSR count). The molecule has 0 aromatic heterocycles. The fourth-order valence-corrected chi connectivity index (χ4v) is 2.56. The van der Waals surface area contributed by atoms with Crippen LogP contribution in [0.25, 0.3) is 6.08 Å². The highest BCUT2D eigenvalue weighted by Gasteiger charge is 2.24. The highest BCUT2D eigenvalue weighted by molar-refractivity contribution is 5.92. The van der Waals surface area contributed by atoms with Crippen LogP contribution in [0, 0.1) is 0 Å². The standard InChI is InChI=1S/C16H19NO4/c1-19-13-6-7-17(11-13)16(18)5-3-12-2-4-14-15(10-12)21-9-8-20-14/h2-5,10,13H,6-9,11H2,1H3/b5-3-. The predicted molar refractivity (Wildman–Crippen MR) is 78.5 cm³/mol. The first-order valence-corrected chi connectivity index (χ1v) is 7.15. The third-order valence-electron chi connectivity index (χ3n) is 3.77. The van der Waals surface area contributed by atoms with Crippen LogP contribution in [-0.2, 0) is 9.53 Å². The summed E-state index contributed by atoms with van der Waals surface area (Å²) < 4.78 is 16.3. The Bertz CT molecular complexity index is 555. The fraction of sp³-hybridized carbons (Fsp3) is 0.438. The molecule has 0 bridgehead atoms. The van der Waals surface area contributed by atoms with Gasteiger partial charge in [-0.2, -0.15) is 0 Å². The van der Waals surface area contributed by atoms with Crippen LogP contribution >= 0.6 is 0 Å². The number of hydrogen-bond acceptors (Lipinski definition) is 4. The van der Waals surface area contributed by atoms with Gasteiger partial charge in [0, 0.05) is 26.3 Å². The molecule has 0 aliphatic carbocycles. The zero-order valence-corrected chi connectivity index (χ0v) is 12.1. The number of benzene rings is 1. The van der Waals surface area contributed by atoms with Crippen molar-refractivity contribution in [3.8, 4) is 11.5 Å². The van der Waals surface area contributed by atoms with Gasteiger partial charge >= 0.3 is 0 Å². The molecule has 0 spiro atoms. The lowest BCUT2D eigenvalue weighted by Crippen LogP contribution is -2.28. The van der Waals surface area contributed by atoms with E-state index in [4.69, 9.17) is 14.2 Å². The Morgan fingerprint density at radius 1 is 1.33 bits per heavy atom. The van der Waals surface area contributed by atoms with Crippen molar-refractivity contribution in [2.24, 2.45) is 0 Å². The molecule has 1 fully saturated rings. The number of methoxy groups -OCH3 is 1. The van der Waals surface area contributed by atoms with Gasteiger partial charge in [0.05, 0.1) is 6.10 Å². The van der Waals surface area contributed by atoms with E-state index < -0.39 is 0 Å². The van der Waals surface area contributed by atoms with Crippen LogP contribution in [0.15, 0.2) is 24.3 Å². The Hall–Kier alpha value is -2.01. The van der Waals surface area contributed by atoms with Crippen LogP contribution in [0.2, 0.25) is 0 Å². The van der Waals surface area contributed by atoms with Gasteiger partial charge in [0.1, 0.15) is 13.2 Å². The molecule has 0 saturated carbocycles. The summed E-state index contributed by atoms with van der Waals surface area (Å²) in [5, 5.41) is 0. The SMILES string of the molecule is COC1CCN(C(=O)/C=C\c2ccc3c(c2)OCCO3)C1. The Kier molecular flexibility index (Phi) is 4.10. The van der Waals surface area contributed by atoms with Crippen molar-refractivity contribution in [2.45, 2.75) is 12.5 Å². The normalized spacial score (nSPS) is 21.0. The van der Waals surface area contributed by atoms with E-state index in [1.165, 1.54) is 0 Å². The van der Waals surface area contributed by atoms with Gasteiger partial charge in [-0.15, -0.1) is 0 Å². The van der Waals surface area contributed by atoms with Crippen LogP contribution in [-0.4, -0.2) is 50.3 Å². The number of likely N-dealkylation sites (tertiary alicyclic amines) is 1. The number of carbonyl (C=O) groups excluding carboxylic acids is 1. The molecule has 1 aromatic carbocycles. The maximum atomic E-state index is 12.1. The number of nitrogens with zero attached hydrogens (tertiary/aromatic N) is 1. The maximum Gasteiger partial charge on any atom is 0.246 e. The summed E-state index contributed by atoms with van der Waals surface area (Å²) in [6.07, 6.45) is 4.47. The lowest BCUT2D eigenvalue weighted by atomic mass is 10.2. The summed E-state index contributed by atoms with van der Waals surface area (Å²) in [6, 6.07) is 5.68. The molecule has 0 N–H and O–H groups in total. The quantitative estimate of drug-likeness (QED) is 0.795. The number of hydrogen-bond donors (Lipinski definition) is 0. The minimum Gasteiger partial charge on any atom is -0.486 e. The van der Waals surface area contributed by atoms with Gasteiger partial charge in [-0.3, -0.25) is 4.79 Å². The Morgan fingerprint density at radius 3 is 2.90 bits per heavy atom. The van der Waals surface area contributed by atoms with Crippen LogP contribution in [0.3, 0.4) is 0 Å². The molecular formula is C16H19NO4. The fourth-order valence-electron chi connectivity index (χ4n) is 2.56. The average Bonchev–Trinajstić information content (AvgIpc) is 3.01. The first kappa shape index (κ1) is 13.9. The first-order valence-electron chi connectivity index (χ1n) is 7.15. The second-order valence-corrected chi connectivity index (χ2v) is 5.17. The van der Waals surface area contributed by atoms with Crippen molar-refractivity contribution in [1.82, 2.24) is 4.90 Å². The first-order chi connectivity index (χ1) is 10.3. The van der Waals surface area contributed by atoms with E-state index in [1.54, 1.807) is 19.3 Å². The molecule has 1 saturated heterocycles. The molecule has 2 aliphatic heterocycles. The van der Waals surface area contributed by atoms with E-state index in [9.17, 15) is 4.79 Å². The number of amides is 1. The lowest BCUT2D eigenvalue weighted by Gasteiger charge is -2.18. The topological polar surface area (TPSA) is 48.0 Å². The van der Waals surface area contributed by atoms with Crippen LogP contribution < -0.4 is 9.47 Å². The van der Waals surface area contributed by atoms with Gasteiger partial charge in [-0.05, 0) is 30.2 Å². The smallest absolute Gasteiger partial charge is 0.246 e. The monoisotopic (exact) mass is 289 g/mol. The molecule has 1 unspecified atom stereocenters. The lowest BCUT2D eigenvalue weighted by molar-refractivity contribution is -0.125. The predicted octanol–water partition coefficient (Wildman–Crippen LogP) is 1.72. The van der Waals surface area contributed by atoms with Crippen molar-refractivity contribution in [1.29, 1.82) is 0 Å². The average molecular weight is 289 g/mol. The summed E-state index contributed by atoms with van der Waals surface area (Å²) in [5.74, 6) is 1.51. The number of rotatable bonds is 3. The zero-order chi connectivity index (χ0) is 14.7. The van der Waals surface area contributed by atoms with E-state index >= 15 is 0 Å². The van der Waals surface area contributed by atoms with Crippen LogP contribution in [0.4, 0.5) is 0 Å². The number of fused-ring (bicyclic) bond motifs is 1. The summed E-state index contributed by atoms with van der Waals surface area (Å²) in [6.45, 7) is 2.56. The van der Waals surface area contributed by atoms with Gasteiger partial charge in [-0.1, -0.05) is 6.07 Å². The molecule has 0 radical (unpaired) electrons. The largest absolute Gasteiger partial charge is 0.486 e. The van der Waals surface area contributed by atoms with Crippen molar-refractivity contribution < 1.29 is 19.0 Å². The molecule has 1 atom stereocenters. The summed E-state index contributed by atoms with van der Waals surface area (Å²) in [5.41, 5.74) is 0.926. The second kappa shape index (κ2) is 6.18. The van der Waals surface area contributed by atoms with Gasteiger partial charge in [-0.25, -0.2) is 0 Å². The second-order valence-electron chi connectivity index (χ2n) is 5.17.